The molecule has 12 nitrogen and oxygen atoms in total. The topological polar surface area (TPSA) is 153 Å². The third-order valence-electron chi connectivity index (χ3n) is 6.80. The van der Waals surface area contributed by atoms with Gasteiger partial charge in [-0.15, -0.1) is 10.2 Å². The number of aliphatic hydroxyl groups excluding tert-OH is 1. The number of ether oxygens (including phenoxy) is 2. The second kappa shape index (κ2) is 13.0. The zero-order valence-corrected chi connectivity index (χ0v) is 25.2. The van der Waals surface area contributed by atoms with Gasteiger partial charge in [0.25, 0.3) is 15.9 Å². The number of nitrogens with one attached hydrogen (secondary N) is 1. The molecule has 0 saturated carbocycles. The molecule has 4 aromatic rings. The summed E-state index contributed by atoms with van der Waals surface area (Å²) >= 11 is 6.10. The standard InChI is InChI=1S/C28H27ClF3N5O7S/c1-2-36-16-24(26(35-36)42-13-12-38)45(40,41)37-15-18(8-11-25-33-34-27(39)44-25)43-23-10-7-17(14-22(23)37)6-9-19-20(28(30,31)32)4-3-5-21(19)29/h3-7,9-10,14,16,18,38H,2,8,11-13,15H2,1H3,(H,34,39)/b9-6+/t18-/m0/s1. The van der Waals surface area contributed by atoms with Crippen molar-refractivity contribution in [2.45, 2.75) is 43.5 Å². The van der Waals surface area contributed by atoms with Crippen LogP contribution in [0.4, 0.5) is 18.9 Å². The molecule has 1 aliphatic rings. The number of aromatic nitrogens is 4. The summed E-state index contributed by atoms with van der Waals surface area (Å²) in [6, 6.07) is 8.00. The molecule has 17 heteroatoms. The Morgan fingerprint density at radius 3 is 2.73 bits per heavy atom. The van der Waals surface area contributed by atoms with Crippen molar-refractivity contribution in [3.63, 3.8) is 0 Å². The van der Waals surface area contributed by atoms with Gasteiger partial charge in [-0.1, -0.05) is 35.9 Å². The Morgan fingerprint density at radius 1 is 1.24 bits per heavy atom. The number of aryl methyl sites for hydroxylation is 2. The van der Waals surface area contributed by atoms with Gasteiger partial charge in [-0.2, -0.15) is 13.2 Å². The maximum absolute atomic E-state index is 14.2. The maximum Gasteiger partial charge on any atom is 0.434 e. The number of hydrogen-bond acceptors (Lipinski definition) is 9. The van der Waals surface area contributed by atoms with Crippen molar-refractivity contribution in [1.82, 2.24) is 20.0 Å². The van der Waals surface area contributed by atoms with Crippen molar-refractivity contribution >= 4 is 39.5 Å². The minimum absolute atomic E-state index is 0.106. The van der Waals surface area contributed by atoms with Gasteiger partial charge in [-0.25, -0.2) is 18.3 Å². The summed E-state index contributed by atoms with van der Waals surface area (Å²) in [5.41, 5.74) is -0.681. The van der Waals surface area contributed by atoms with Crippen molar-refractivity contribution in [3.05, 3.63) is 80.7 Å². The van der Waals surface area contributed by atoms with Gasteiger partial charge < -0.3 is 19.0 Å². The van der Waals surface area contributed by atoms with Crippen LogP contribution in [0.15, 0.2) is 56.7 Å². The highest BCUT2D eigenvalue weighted by atomic mass is 35.5. The van der Waals surface area contributed by atoms with Gasteiger partial charge in [0.2, 0.25) is 5.89 Å². The van der Waals surface area contributed by atoms with E-state index in [9.17, 15) is 31.5 Å². The second-order valence-corrected chi connectivity index (χ2v) is 12.0. The molecule has 2 N–H and O–H groups in total. The normalized spacial score (nSPS) is 15.3. The van der Waals surface area contributed by atoms with Crippen molar-refractivity contribution < 1.29 is 40.6 Å². The van der Waals surface area contributed by atoms with Gasteiger partial charge in [0, 0.05) is 29.7 Å². The van der Waals surface area contributed by atoms with Crippen molar-refractivity contribution in [3.8, 4) is 11.6 Å². The first-order chi connectivity index (χ1) is 21.4. The number of alkyl halides is 3. The summed E-state index contributed by atoms with van der Waals surface area (Å²) in [6.07, 6.45) is -1.08. The van der Waals surface area contributed by atoms with E-state index in [1.807, 2.05) is 0 Å². The molecule has 1 aliphatic heterocycles. The van der Waals surface area contributed by atoms with Crippen LogP contribution in [0.25, 0.3) is 12.2 Å². The van der Waals surface area contributed by atoms with Crippen molar-refractivity contribution in [1.29, 1.82) is 0 Å². The van der Waals surface area contributed by atoms with E-state index in [-0.39, 0.29) is 71.3 Å². The van der Waals surface area contributed by atoms with E-state index >= 15 is 0 Å². The Kier molecular flexibility index (Phi) is 9.27. The molecule has 2 aromatic heterocycles. The van der Waals surface area contributed by atoms with E-state index in [4.69, 9.17) is 25.5 Å². The Balaban J connectivity index is 1.54. The quantitative estimate of drug-likeness (QED) is 0.222. The number of fused-ring (bicyclic) bond motifs is 1. The van der Waals surface area contributed by atoms with Gasteiger partial charge >= 0.3 is 11.9 Å². The van der Waals surface area contributed by atoms with Gasteiger partial charge in [-0.3, -0.25) is 8.99 Å². The second-order valence-electron chi connectivity index (χ2n) is 9.81. The SMILES string of the molecule is CCn1cc(S(=O)(=O)N2C[C@H](CCc3n[nH]c(=O)o3)Oc3ccc(/C=C/c4c(Cl)cccc4C(F)(F)F)cc32)c(OCCO)n1. The fourth-order valence-electron chi connectivity index (χ4n) is 4.68. The lowest BCUT2D eigenvalue weighted by Gasteiger charge is -2.35. The van der Waals surface area contributed by atoms with Gasteiger partial charge in [0.15, 0.2) is 4.90 Å². The highest BCUT2D eigenvalue weighted by Crippen LogP contribution is 2.41. The van der Waals surface area contributed by atoms with Crippen LogP contribution < -0.4 is 19.5 Å². The van der Waals surface area contributed by atoms with E-state index in [0.29, 0.717) is 12.1 Å². The van der Waals surface area contributed by atoms with E-state index in [1.54, 1.807) is 13.0 Å². The molecule has 0 fully saturated rings. The van der Waals surface area contributed by atoms with Crippen LogP contribution in [0.1, 0.15) is 35.9 Å². The molecule has 0 bridgehead atoms. The average molecular weight is 670 g/mol. The van der Waals surface area contributed by atoms with E-state index in [1.165, 1.54) is 47.3 Å². The predicted octanol–water partition coefficient (Wildman–Crippen LogP) is 4.38. The van der Waals surface area contributed by atoms with Crippen LogP contribution in [0.2, 0.25) is 5.02 Å². The first kappa shape index (κ1) is 32.1. The third-order valence-corrected chi connectivity index (χ3v) is 8.89. The fourth-order valence-corrected chi connectivity index (χ4v) is 6.50. The average Bonchev–Trinajstić information content (AvgIpc) is 3.63. The fraction of sp³-hybridized carbons (Fsp3) is 0.321. The summed E-state index contributed by atoms with van der Waals surface area (Å²) in [5, 5.41) is 19.3. The Morgan fingerprint density at radius 2 is 2.04 bits per heavy atom. The molecule has 2 aromatic carbocycles. The lowest BCUT2D eigenvalue weighted by Crippen LogP contribution is -2.43. The summed E-state index contributed by atoms with van der Waals surface area (Å²) < 4.78 is 88.3. The predicted molar refractivity (Wildman–Crippen MR) is 157 cm³/mol. The van der Waals surface area contributed by atoms with Crippen LogP contribution in [0.5, 0.6) is 11.6 Å². The molecule has 0 aliphatic carbocycles. The number of benzene rings is 2. The zero-order chi connectivity index (χ0) is 32.4. The van der Waals surface area contributed by atoms with E-state index < -0.39 is 33.6 Å². The van der Waals surface area contributed by atoms with Gasteiger partial charge in [-0.05, 0) is 43.2 Å². The summed E-state index contributed by atoms with van der Waals surface area (Å²) in [5.74, 6) is -0.633. The monoisotopic (exact) mass is 669 g/mol. The van der Waals surface area contributed by atoms with Crippen LogP contribution in [0, 0.1) is 0 Å². The number of aromatic amines is 1. The first-order valence-electron chi connectivity index (χ1n) is 13.6. The summed E-state index contributed by atoms with van der Waals surface area (Å²) in [4.78, 5) is 11.1. The number of H-pyrrole nitrogens is 1. The Labute approximate surface area is 259 Å². The highest BCUT2D eigenvalue weighted by Gasteiger charge is 2.38. The summed E-state index contributed by atoms with van der Waals surface area (Å²) in [6.45, 7) is 1.34. The number of rotatable bonds is 11. The minimum atomic E-state index is -4.65. The number of nitrogens with zero attached hydrogens (tertiary/aromatic N) is 4. The van der Waals surface area contributed by atoms with E-state index in [0.717, 1.165) is 10.4 Å². The Hall–Kier alpha value is -4.28. The zero-order valence-electron chi connectivity index (χ0n) is 23.6. The smallest absolute Gasteiger partial charge is 0.434 e. The highest BCUT2D eigenvalue weighted by molar-refractivity contribution is 7.93. The van der Waals surface area contributed by atoms with Crippen LogP contribution >= 0.6 is 11.6 Å². The molecule has 0 spiro atoms. The molecule has 0 unspecified atom stereocenters. The molecule has 240 valence electrons. The molecular weight excluding hydrogens is 643 g/mol. The van der Waals surface area contributed by atoms with Gasteiger partial charge in [0.1, 0.15) is 18.5 Å². The molecule has 0 saturated heterocycles. The number of anilines is 1. The van der Waals surface area contributed by atoms with Crippen LogP contribution in [0.3, 0.4) is 0 Å². The Bertz CT molecular complexity index is 1870. The van der Waals surface area contributed by atoms with Crippen molar-refractivity contribution in [2.75, 3.05) is 24.1 Å². The van der Waals surface area contributed by atoms with Crippen LogP contribution in [-0.2, 0) is 29.2 Å². The molecule has 5 rings (SSSR count). The number of sulfonamides is 1. The minimum Gasteiger partial charge on any atom is -0.486 e. The number of halogens is 4. The lowest BCUT2D eigenvalue weighted by molar-refractivity contribution is -0.137. The lowest BCUT2D eigenvalue weighted by atomic mass is 10.0. The maximum atomic E-state index is 14.2. The first-order valence-corrected chi connectivity index (χ1v) is 15.4. The number of hydrogen-bond donors (Lipinski definition) is 2. The van der Waals surface area contributed by atoms with Gasteiger partial charge in [0.05, 0.1) is 24.4 Å². The largest absolute Gasteiger partial charge is 0.486 e. The molecular formula is C28H27ClF3N5O7S. The molecule has 45 heavy (non-hydrogen) atoms. The van der Waals surface area contributed by atoms with E-state index in [2.05, 4.69) is 15.3 Å². The third kappa shape index (κ3) is 7.02. The molecule has 0 amide bonds. The molecule has 1 atom stereocenters. The van der Waals surface area contributed by atoms with Crippen molar-refractivity contribution in [2.24, 2.45) is 0 Å². The molecule has 3 heterocycles. The molecule has 0 radical (unpaired) electrons. The summed E-state index contributed by atoms with van der Waals surface area (Å²) in [7, 11) is -4.38. The number of aliphatic hydroxyl groups is 1. The van der Waals surface area contributed by atoms with Crippen LogP contribution in [-0.4, -0.2) is 59.4 Å².